The van der Waals surface area contributed by atoms with Crippen LogP contribution in [-0.2, 0) is 11.3 Å². The number of para-hydroxylation sites is 1. The Kier molecular flexibility index (Phi) is 6.82. The lowest BCUT2D eigenvalue weighted by atomic mass is 9.93. The first-order valence-electron chi connectivity index (χ1n) is 8.38. The molecule has 0 aliphatic rings. The Bertz CT molecular complexity index is 610. The summed E-state index contributed by atoms with van der Waals surface area (Å²) in [5, 5.41) is 6.38. The molecule has 23 heavy (non-hydrogen) atoms. The Morgan fingerprint density at radius 3 is 2.39 bits per heavy atom. The normalized spacial score (nSPS) is 11.9. The van der Waals surface area contributed by atoms with E-state index in [9.17, 15) is 4.79 Å². The lowest BCUT2D eigenvalue weighted by Gasteiger charge is -2.16. The molecule has 3 nitrogen and oxygen atoms in total. The van der Waals surface area contributed by atoms with Crippen molar-refractivity contribution in [3.8, 4) is 0 Å². The van der Waals surface area contributed by atoms with E-state index in [0.717, 1.165) is 30.8 Å². The zero-order valence-electron chi connectivity index (χ0n) is 14.0. The molecule has 0 aromatic heterocycles. The number of anilines is 1. The maximum Gasteiger partial charge on any atom is 0.224 e. The molecule has 1 atom stereocenters. The fraction of sp³-hybridized carbons (Fsp3) is 0.350. The molecule has 2 aromatic carbocycles. The summed E-state index contributed by atoms with van der Waals surface area (Å²) in [5.41, 5.74) is 3.25. The van der Waals surface area contributed by atoms with Crippen LogP contribution in [0, 0.1) is 0 Å². The molecule has 0 aliphatic heterocycles. The number of hydrogen-bond acceptors (Lipinski definition) is 2. The van der Waals surface area contributed by atoms with Crippen molar-refractivity contribution in [1.82, 2.24) is 5.32 Å². The lowest BCUT2D eigenvalue weighted by Crippen LogP contribution is -2.18. The van der Waals surface area contributed by atoms with Gasteiger partial charge in [-0.1, -0.05) is 62.4 Å². The monoisotopic (exact) mass is 310 g/mol. The van der Waals surface area contributed by atoms with E-state index in [1.165, 1.54) is 5.56 Å². The molecular formula is C20H26N2O. The van der Waals surface area contributed by atoms with Crippen molar-refractivity contribution in [3.63, 3.8) is 0 Å². The van der Waals surface area contributed by atoms with Crippen molar-refractivity contribution in [2.75, 3.05) is 11.9 Å². The smallest absolute Gasteiger partial charge is 0.224 e. The number of hydrogen-bond donors (Lipinski definition) is 2. The van der Waals surface area contributed by atoms with Gasteiger partial charge in [-0.25, -0.2) is 0 Å². The first-order valence-corrected chi connectivity index (χ1v) is 8.38. The minimum Gasteiger partial charge on any atom is -0.326 e. The number of carbonyl (C=O) groups excluding carboxylic acids is 1. The van der Waals surface area contributed by atoms with Gasteiger partial charge in [0.1, 0.15) is 0 Å². The van der Waals surface area contributed by atoms with Crippen molar-refractivity contribution in [1.29, 1.82) is 0 Å². The Morgan fingerprint density at radius 2 is 1.70 bits per heavy atom. The Balaban J connectivity index is 2.01. The van der Waals surface area contributed by atoms with E-state index in [1.54, 1.807) is 0 Å². The summed E-state index contributed by atoms with van der Waals surface area (Å²) in [7, 11) is 0. The van der Waals surface area contributed by atoms with E-state index in [0.29, 0.717) is 6.42 Å². The van der Waals surface area contributed by atoms with Crippen LogP contribution in [0.15, 0.2) is 54.6 Å². The molecule has 122 valence electrons. The minimum absolute atomic E-state index is 0.0738. The van der Waals surface area contributed by atoms with Gasteiger partial charge < -0.3 is 10.6 Å². The van der Waals surface area contributed by atoms with Gasteiger partial charge in [-0.05, 0) is 36.1 Å². The fourth-order valence-electron chi connectivity index (χ4n) is 2.70. The van der Waals surface area contributed by atoms with Crippen LogP contribution in [0.2, 0.25) is 0 Å². The van der Waals surface area contributed by atoms with Crippen LogP contribution in [0.3, 0.4) is 0 Å². The first-order chi connectivity index (χ1) is 11.2. The molecule has 3 heteroatoms. The molecule has 0 saturated heterocycles. The maximum absolute atomic E-state index is 12.4. The summed E-state index contributed by atoms with van der Waals surface area (Å²) < 4.78 is 0. The van der Waals surface area contributed by atoms with Crippen LogP contribution in [0.25, 0.3) is 0 Å². The summed E-state index contributed by atoms with van der Waals surface area (Å²) in [6, 6.07) is 18.2. The van der Waals surface area contributed by atoms with Crippen LogP contribution in [-0.4, -0.2) is 12.5 Å². The topological polar surface area (TPSA) is 41.1 Å². The van der Waals surface area contributed by atoms with Crippen molar-refractivity contribution < 1.29 is 4.79 Å². The van der Waals surface area contributed by atoms with E-state index in [2.05, 4.69) is 36.6 Å². The van der Waals surface area contributed by atoms with Gasteiger partial charge >= 0.3 is 0 Å². The molecule has 0 bridgehead atoms. The SMILES string of the molecule is CCNCc1ccccc1NC(=O)CC(CC)c1ccccc1. The molecule has 0 aliphatic carbocycles. The highest BCUT2D eigenvalue weighted by molar-refractivity contribution is 5.92. The molecule has 0 saturated carbocycles. The second-order valence-electron chi connectivity index (χ2n) is 5.71. The summed E-state index contributed by atoms with van der Waals surface area (Å²) >= 11 is 0. The fourth-order valence-corrected chi connectivity index (χ4v) is 2.70. The number of nitrogens with one attached hydrogen (secondary N) is 2. The summed E-state index contributed by atoms with van der Waals surface area (Å²) in [5.74, 6) is 0.335. The summed E-state index contributed by atoms with van der Waals surface area (Å²) in [6.07, 6.45) is 1.46. The quantitative estimate of drug-likeness (QED) is 0.762. The van der Waals surface area contributed by atoms with E-state index >= 15 is 0 Å². The molecule has 1 unspecified atom stereocenters. The standard InChI is InChI=1S/C20H26N2O/c1-3-16(17-10-6-5-7-11-17)14-20(23)22-19-13-9-8-12-18(19)15-21-4-2/h5-13,16,21H,3-4,14-15H2,1-2H3,(H,22,23). The minimum atomic E-state index is 0.0738. The second-order valence-corrected chi connectivity index (χ2v) is 5.71. The van der Waals surface area contributed by atoms with Gasteiger partial charge in [0.25, 0.3) is 0 Å². The van der Waals surface area contributed by atoms with Crippen molar-refractivity contribution in [2.45, 2.75) is 39.2 Å². The third-order valence-electron chi connectivity index (χ3n) is 4.05. The van der Waals surface area contributed by atoms with Crippen molar-refractivity contribution in [2.24, 2.45) is 0 Å². The molecule has 2 aromatic rings. The molecule has 2 N–H and O–H groups in total. The molecular weight excluding hydrogens is 284 g/mol. The molecule has 0 heterocycles. The van der Waals surface area contributed by atoms with Gasteiger partial charge in [0.15, 0.2) is 0 Å². The predicted molar refractivity (Wildman–Crippen MR) is 96.5 cm³/mol. The van der Waals surface area contributed by atoms with Crippen molar-refractivity contribution in [3.05, 3.63) is 65.7 Å². The third-order valence-corrected chi connectivity index (χ3v) is 4.05. The highest BCUT2D eigenvalue weighted by atomic mass is 16.1. The zero-order chi connectivity index (χ0) is 16.5. The van der Waals surface area contributed by atoms with Crippen LogP contribution < -0.4 is 10.6 Å². The van der Waals surface area contributed by atoms with E-state index in [4.69, 9.17) is 0 Å². The molecule has 2 rings (SSSR count). The largest absolute Gasteiger partial charge is 0.326 e. The molecule has 0 fully saturated rings. The average molecular weight is 310 g/mol. The van der Waals surface area contributed by atoms with Crippen molar-refractivity contribution >= 4 is 11.6 Å². The molecule has 0 spiro atoms. The predicted octanol–water partition coefficient (Wildman–Crippen LogP) is 4.32. The number of rotatable bonds is 8. The van der Waals surface area contributed by atoms with Crippen LogP contribution in [0.4, 0.5) is 5.69 Å². The van der Waals surface area contributed by atoms with Gasteiger partial charge in [0, 0.05) is 18.7 Å². The van der Waals surface area contributed by atoms with Gasteiger partial charge in [-0.15, -0.1) is 0 Å². The van der Waals surface area contributed by atoms with E-state index < -0.39 is 0 Å². The molecule has 1 amide bonds. The molecule has 0 radical (unpaired) electrons. The first kappa shape index (κ1) is 17.2. The Hall–Kier alpha value is -2.13. The van der Waals surface area contributed by atoms with Gasteiger partial charge in [-0.2, -0.15) is 0 Å². The highest BCUT2D eigenvalue weighted by Gasteiger charge is 2.15. The van der Waals surface area contributed by atoms with Gasteiger partial charge in [0.05, 0.1) is 0 Å². The average Bonchev–Trinajstić information content (AvgIpc) is 2.59. The third kappa shape index (κ3) is 5.22. The van der Waals surface area contributed by atoms with Crippen LogP contribution in [0.5, 0.6) is 0 Å². The van der Waals surface area contributed by atoms with Gasteiger partial charge in [0.2, 0.25) is 5.91 Å². The van der Waals surface area contributed by atoms with Crippen LogP contribution >= 0.6 is 0 Å². The Morgan fingerprint density at radius 1 is 1.00 bits per heavy atom. The maximum atomic E-state index is 12.4. The lowest BCUT2D eigenvalue weighted by molar-refractivity contribution is -0.116. The number of amides is 1. The zero-order valence-corrected chi connectivity index (χ0v) is 14.0. The van der Waals surface area contributed by atoms with E-state index in [1.807, 2.05) is 42.5 Å². The van der Waals surface area contributed by atoms with Gasteiger partial charge in [-0.3, -0.25) is 4.79 Å². The number of benzene rings is 2. The van der Waals surface area contributed by atoms with E-state index in [-0.39, 0.29) is 11.8 Å². The Labute approximate surface area is 139 Å². The summed E-state index contributed by atoms with van der Waals surface area (Å²) in [4.78, 5) is 12.4. The summed E-state index contributed by atoms with van der Waals surface area (Å²) in [6.45, 7) is 5.88. The van der Waals surface area contributed by atoms with Crippen LogP contribution in [0.1, 0.15) is 43.7 Å². The highest BCUT2D eigenvalue weighted by Crippen LogP contribution is 2.24. The second kappa shape index (κ2) is 9.11. The number of carbonyl (C=O) groups is 1.